The van der Waals surface area contributed by atoms with Gasteiger partial charge in [-0.25, -0.2) is 0 Å². The maximum Gasteiger partial charge on any atom is 0.406 e. The molecule has 0 saturated heterocycles. The monoisotopic (exact) mass is 256 g/mol. The molecule has 0 bridgehead atoms. The Morgan fingerprint density at radius 3 is 2.18 bits per heavy atom. The van der Waals surface area contributed by atoms with Crippen molar-refractivity contribution in [2.45, 2.75) is 13.1 Å². The Morgan fingerprint density at radius 1 is 1.29 bits per heavy atom. The Bertz CT molecular complexity index is 281. The van der Waals surface area contributed by atoms with Gasteiger partial charge in [0.1, 0.15) is 6.54 Å². The number of nitrogens with zero attached hydrogens (tertiary/aromatic N) is 2. The predicted molar refractivity (Wildman–Crippen MR) is 53.0 cm³/mol. The van der Waals surface area contributed by atoms with E-state index >= 15 is 0 Å². The number of likely N-dealkylation sites (N-methyl/N-ethyl adjacent to an activating group) is 1. The van der Waals surface area contributed by atoms with E-state index in [1.807, 2.05) is 0 Å². The number of aliphatic hydroxyl groups excluding tert-OH is 1. The highest BCUT2D eigenvalue weighted by molar-refractivity contribution is 5.83. The minimum absolute atomic E-state index is 0.413. The zero-order valence-corrected chi connectivity index (χ0v) is 9.62. The number of halogens is 3. The van der Waals surface area contributed by atoms with E-state index in [4.69, 9.17) is 5.11 Å². The molecule has 0 aromatic carbocycles. The third-order valence-corrected chi connectivity index (χ3v) is 2.00. The molecular weight excluding hydrogens is 241 g/mol. The highest BCUT2D eigenvalue weighted by Crippen LogP contribution is 2.16. The lowest BCUT2D eigenvalue weighted by molar-refractivity contribution is -0.163. The smallest absolute Gasteiger partial charge is 0.395 e. The van der Waals surface area contributed by atoms with Gasteiger partial charge in [-0.15, -0.1) is 0 Å². The molecule has 0 heterocycles. The first-order valence-corrected chi connectivity index (χ1v) is 4.84. The summed E-state index contributed by atoms with van der Waals surface area (Å²) >= 11 is 0. The molecule has 0 aliphatic carbocycles. The highest BCUT2D eigenvalue weighted by Gasteiger charge is 2.33. The minimum Gasteiger partial charge on any atom is -0.395 e. The molecule has 8 heteroatoms. The van der Waals surface area contributed by atoms with Gasteiger partial charge >= 0.3 is 6.18 Å². The third-order valence-electron chi connectivity index (χ3n) is 2.00. The van der Waals surface area contributed by atoms with E-state index in [1.54, 1.807) is 0 Å². The summed E-state index contributed by atoms with van der Waals surface area (Å²) in [6, 6.07) is 0. The standard InChI is InChI=1S/C9H15F3N2O3/c1-7(16)13(2)5-8(17)14(3-4-15)6-9(10,11)12/h15H,3-6H2,1-2H3. The largest absolute Gasteiger partial charge is 0.406 e. The van der Waals surface area contributed by atoms with Crippen LogP contribution in [-0.2, 0) is 9.59 Å². The molecule has 0 unspecified atom stereocenters. The number of carbonyl (C=O) groups is 2. The van der Waals surface area contributed by atoms with E-state index in [0.29, 0.717) is 4.90 Å². The van der Waals surface area contributed by atoms with E-state index in [1.165, 1.54) is 14.0 Å². The number of alkyl halides is 3. The average Bonchev–Trinajstić information content (AvgIpc) is 2.14. The van der Waals surface area contributed by atoms with Crippen molar-refractivity contribution in [1.29, 1.82) is 0 Å². The lowest BCUT2D eigenvalue weighted by atomic mass is 10.4. The Labute approximate surface area is 96.8 Å². The van der Waals surface area contributed by atoms with Crippen LogP contribution in [0.3, 0.4) is 0 Å². The fourth-order valence-electron chi connectivity index (χ4n) is 1.04. The molecule has 0 aliphatic heterocycles. The zero-order valence-electron chi connectivity index (χ0n) is 9.62. The van der Waals surface area contributed by atoms with Gasteiger partial charge < -0.3 is 14.9 Å². The van der Waals surface area contributed by atoms with Crippen molar-refractivity contribution >= 4 is 11.8 Å². The van der Waals surface area contributed by atoms with Crippen molar-refractivity contribution in [1.82, 2.24) is 9.80 Å². The molecular formula is C9H15F3N2O3. The van der Waals surface area contributed by atoms with E-state index < -0.39 is 44.2 Å². The van der Waals surface area contributed by atoms with Gasteiger partial charge in [0.05, 0.1) is 13.2 Å². The Morgan fingerprint density at radius 2 is 1.82 bits per heavy atom. The first-order valence-electron chi connectivity index (χ1n) is 4.84. The molecule has 0 fully saturated rings. The second-order valence-electron chi connectivity index (χ2n) is 3.53. The molecule has 0 saturated carbocycles. The first kappa shape index (κ1) is 15.7. The number of hydrogen-bond acceptors (Lipinski definition) is 3. The maximum atomic E-state index is 12.1. The quantitative estimate of drug-likeness (QED) is 0.744. The van der Waals surface area contributed by atoms with Gasteiger partial charge in [0.25, 0.3) is 0 Å². The van der Waals surface area contributed by atoms with E-state index in [9.17, 15) is 22.8 Å². The van der Waals surface area contributed by atoms with Crippen LogP contribution in [0.5, 0.6) is 0 Å². The Hall–Kier alpha value is -1.31. The lowest BCUT2D eigenvalue weighted by Crippen LogP contribution is -2.45. The lowest BCUT2D eigenvalue weighted by Gasteiger charge is -2.25. The summed E-state index contributed by atoms with van der Waals surface area (Å²) in [5.74, 6) is -1.27. The highest BCUT2D eigenvalue weighted by atomic mass is 19.4. The van der Waals surface area contributed by atoms with Crippen LogP contribution in [0.2, 0.25) is 0 Å². The fraction of sp³-hybridized carbons (Fsp3) is 0.778. The van der Waals surface area contributed by atoms with Crippen LogP contribution in [-0.4, -0.2) is 66.2 Å². The van der Waals surface area contributed by atoms with Crippen LogP contribution in [0.4, 0.5) is 13.2 Å². The first-order chi connectivity index (χ1) is 7.67. The molecule has 17 heavy (non-hydrogen) atoms. The van der Waals surface area contributed by atoms with Crippen molar-refractivity contribution in [3.63, 3.8) is 0 Å². The summed E-state index contributed by atoms with van der Waals surface area (Å²) < 4.78 is 36.4. The van der Waals surface area contributed by atoms with Gasteiger partial charge in [0, 0.05) is 20.5 Å². The van der Waals surface area contributed by atoms with E-state index in [2.05, 4.69) is 0 Å². The molecule has 1 N–H and O–H groups in total. The molecule has 100 valence electrons. The molecule has 0 rings (SSSR count). The second-order valence-corrected chi connectivity index (χ2v) is 3.53. The molecule has 0 spiro atoms. The van der Waals surface area contributed by atoms with Crippen molar-refractivity contribution in [3.8, 4) is 0 Å². The maximum absolute atomic E-state index is 12.1. The molecule has 0 aromatic heterocycles. The van der Waals surface area contributed by atoms with Crippen LogP contribution in [0.1, 0.15) is 6.92 Å². The summed E-state index contributed by atoms with van der Waals surface area (Å²) in [5, 5.41) is 8.58. The van der Waals surface area contributed by atoms with Gasteiger partial charge in [-0.2, -0.15) is 13.2 Å². The summed E-state index contributed by atoms with van der Waals surface area (Å²) in [6.07, 6.45) is -4.53. The van der Waals surface area contributed by atoms with Gasteiger partial charge in [0.2, 0.25) is 11.8 Å². The number of aliphatic hydroxyl groups is 1. The predicted octanol–water partition coefficient (Wildman–Crippen LogP) is -0.152. The molecule has 0 aliphatic rings. The normalized spacial score (nSPS) is 11.2. The van der Waals surface area contributed by atoms with Gasteiger partial charge in [-0.05, 0) is 0 Å². The summed E-state index contributed by atoms with van der Waals surface area (Å²) in [4.78, 5) is 23.7. The molecule has 2 amide bonds. The minimum atomic E-state index is -4.53. The van der Waals surface area contributed by atoms with Crippen molar-refractivity contribution < 1.29 is 27.9 Å². The Balaban J connectivity index is 4.49. The van der Waals surface area contributed by atoms with Crippen LogP contribution < -0.4 is 0 Å². The van der Waals surface area contributed by atoms with Crippen LogP contribution in [0.25, 0.3) is 0 Å². The molecule has 0 aromatic rings. The summed E-state index contributed by atoms with van der Waals surface area (Å²) in [6.45, 7) is -1.65. The topological polar surface area (TPSA) is 60.9 Å². The van der Waals surface area contributed by atoms with Crippen molar-refractivity contribution in [2.75, 3.05) is 33.3 Å². The molecule has 5 nitrogen and oxygen atoms in total. The van der Waals surface area contributed by atoms with Gasteiger partial charge in [0.15, 0.2) is 0 Å². The number of amides is 2. The third kappa shape index (κ3) is 6.77. The Kier molecular flexibility index (Phi) is 5.94. The van der Waals surface area contributed by atoms with E-state index in [-0.39, 0.29) is 0 Å². The van der Waals surface area contributed by atoms with Gasteiger partial charge in [-0.3, -0.25) is 9.59 Å². The number of hydrogen-bond donors (Lipinski definition) is 1. The average molecular weight is 256 g/mol. The van der Waals surface area contributed by atoms with Crippen molar-refractivity contribution in [2.24, 2.45) is 0 Å². The summed E-state index contributed by atoms with van der Waals surface area (Å²) in [7, 11) is 1.31. The molecule has 0 atom stereocenters. The van der Waals surface area contributed by atoms with Crippen molar-refractivity contribution in [3.05, 3.63) is 0 Å². The van der Waals surface area contributed by atoms with Crippen LogP contribution in [0.15, 0.2) is 0 Å². The SMILES string of the molecule is CC(=O)N(C)CC(=O)N(CCO)CC(F)(F)F. The molecule has 0 radical (unpaired) electrons. The number of rotatable bonds is 5. The van der Waals surface area contributed by atoms with Crippen LogP contribution in [0, 0.1) is 0 Å². The van der Waals surface area contributed by atoms with E-state index in [0.717, 1.165) is 4.90 Å². The fourth-order valence-corrected chi connectivity index (χ4v) is 1.04. The summed E-state index contributed by atoms with van der Waals surface area (Å²) in [5.41, 5.74) is 0. The van der Waals surface area contributed by atoms with Crippen LogP contribution >= 0.6 is 0 Å². The van der Waals surface area contributed by atoms with Gasteiger partial charge in [-0.1, -0.05) is 0 Å². The zero-order chi connectivity index (χ0) is 13.6. The number of carbonyl (C=O) groups excluding carboxylic acids is 2. The second kappa shape index (κ2) is 6.43.